The van der Waals surface area contributed by atoms with Crippen LogP contribution >= 0.6 is 0 Å². The number of methoxy groups -OCH3 is 1. The number of ether oxygens (including phenoxy) is 2. The van der Waals surface area contributed by atoms with Gasteiger partial charge in [0.2, 0.25) is 0 Å². The van der Waals surface area contributed by atoms with Gasteiger partial charge in [0.05, 0.1) is 17.9 Å². The maximum absolute atomic E-state index is 8.77. The Labute approximate surface area is 112 Å². The van der Waals surface area contributed by atoms with Gasteiger partial charge in [0, 0.05) is 19.7 Å². The summed E-state index contributed by atoms with van der Waals surface area (Å²) in [7, 11) is 1.72. The zero-order chi connectivity index (χ0) is 13.7. The molecule has 0 aromatic carbocycles. The van der Waals surface area contributed by atoms with Gasteiger partial charge in [-0.25, -0.2) is 0 Å². The highest BCUT2D eigenvalue weighted by atomic mass is 16.5. The van der Waals surface area contributed by atoms with Crippen LogP contribution in [0.15, 0.2) is 23.6 Å². The highest BCUT2D eigenvalue weighted by Crippen LogP contribution is 2.26. The maximum Gasteiger partial charge on any atom is 0.173 e. The van der Waals surface area contributed by atoms with E-state index < -0.39 is 0 Å². The minimum Gasteiger partial charge on any atom is -0.488 e. The molecule has 0 aliphatic heterocycles. The largest absolute Gasteiger partial charge is 0.488 e. The van der Waals surface area contributed by atoms with E-state index >= 15 is 0 Å². The third-order valence-electron chi connectivity index (χ3n) is 3.37. The molecule has 2 atom stereocenters. The number of hydrogen-bond donors (Lipinski definition) is 2. The molecule has 0 amide bonds. The summed E-state index contributed by atoms with van der Waals surface area (Å²) >= 11 is 0. The maximum atomic E-state index is 8.77. The Morgan fingerprint density at radius 1 is 1.47 bits per heavy atom. The Morgan fingerprint density at radius 2 is 2.26 bits per heavy atom. The predicted molar refractivity (Wildman–Crippen MR) is 70.4 cm³/mol. The Hall–Kier alpha value is -1.82. The normalized spacial score (nSPS) is 24.2. The van der Waals surface area contributed by atoms with Crippen LogP contribution in [0.2, 0.25) is 0 Å². The minimum atomic E-state index is 0.0245. The minimum absolute atomic E-state index is 0.0245. The summed E-state index contributed by atoms with van der Waals surface area (Å²) in [5, 5.41) is 11.8. The molecule has 2 rings (SSSR count). The van der Waals surface area contributed by atoms with Crippen molar-refractivity contribution < 1.29 is 14.7 Å². The molecule has 1 aromatic rings. The van der Waals surface area contributed by atoms with Crippen molar-refractivity contribution in [1.29, 1.82) is 0 Å². The average Bonchev–Trinajstić information content (AvgIpc) is 2.47. The van der Waals surface area contributed by atoms with Gasteiger partial charge >= 0.3 is 0 Å². The number of amidine groups is 1. The lowest BCUT2D eigenvalue weighted by Crippen LogP contribution is -2.30. The van der Waals surface area contributed by atoms with Gasteiger partial charge in [0.1, 0.15) is 11.9 Å². The van der Waals surface area contributed by atoms with Crippen molar-refractivity contribution in [2.24, 2.45) is 10.9 Å². The van der Waals surface area contributed by atoms with Crippen LogP contribution in [-0.2, 0) is 4.74 Å². The number of aromatic nitrogens is 1. The van der Waals surface area contributed by atoms with Crippen LogP contribution in [-0.4, -0.2) is 35.3 Å². The first-order valence-electron chi connectivity index (χ1n) is 6.36. The second kappa shape index (κ2) is 6.38. The van der Waals surface area contributed by atoms with E-state index in [0.29, 0.717) is 11.3 Å². The van der Waals surface area contributed by atoms with E-state index in [-0.39, 0.29) is 18.0 Å². The number of rotatable bonds is 4. The molecule has 6 nitrogen and oxygen atoms in total. The Balaban J connectivity index is 2.10. The lowest BCUT2D eigenvalue weighted by atomic mass is 9.95. The molecule has 6 heteroatoms. The monoisotopic (exact) mass is 265 g/mol. The van der Waals surface area contributed by atoms with Gasteiger partial charge in [0.25, 0.3) is 0 Å². The molecule has 0 bridgehead atoms. The average molecular weight is 265 g/mol. The summed E-state index contributed by atoms with van der Waals surface area (Å²) in [4.78, 5) is 4.02. The van der Waals surface area contributed by atoms with Gasteiger partial charge in [-0.3, -0.25) is 4.98 Å². The first kappa shape index (κ1) is 13.6. The van der Waals surface area contributed by atoms with Crippen molar-refractivity contribution in [3.63, 3.8) is 0 Å². The van der Waals surface area contributed by atoms with E-state index in [4.69, 9.17) is 20.4 Å². The van der Waals surface area contributed by atoms with E-state index in [9.17, 15) is 0 Å². The summed E-state index contributed by atoms with van der Waals surface area (Å²) in [6.07, 6.45) is 7.45. The zero-order valence-electron chi connectivity index (χ0n) is 11.0. The van der Waals surface area contributed by atoms with Crippen LogP contribution in [0.3, 0.4) is 0 Å². The molecule has 19 heavy (non-hydrogen) atoms. The van der Waals surface area contributed by atoms with E-state index in [0.717, 1.165) is 25.7 Å². The summed E-state index contributed by atoms with van der Waals surface area (Å²) in [5.74, 6) is 0.566. The van der Waals surface area contributed by atoms with Crippen LogP contribution in [0.4, 0.5) is 0 Å². The topological polar surface area (TPSA) is 90.0 Å². The molecule has 1 heterocycles. The number of nitrogens with zero attached hydrogens (tertiary/aromatic N) is 2. The van der Waals surface area contributed by atoms with Gasteiger partial charge < -0.3 is 20.4 Å². The Bertz CT molecular complexity index is 451. The van der Waals surface area contributed by atoms with Gasteiger partial charge in [-0.2, -0.15) is 0 Å². The summed E-state index contributed by atoms with van der Waals surface area (Å²) < 4.78 is 11.3. The van der Waals surface area contributed by atoms with E-state index in [1.165, 1.54) is 0 Å². The SMILES string of the molecule is COC1CCCC(Oc2cnccc2/C(N)=N/O)C1. The van der Waals surface area contributed by atoms with Gasteiger partial charge in [-0.15, -0.1) is 0 Å². The molecule has 0 spiro atoms. The first-order chi connectivity index (χ1) is 9.24. The van der Waals surface area contributed by atoms with Crippen LogP contribution in [0, 0.1) is 0 Å². The molecule has 1 fully saturated rings. The molecule has 2 unspecified atom stereocenters. The fourth-order valence-electron chi connectivity index (χ4n) is 2.34. The van der Waals surface area contributed by atoms with Gasteiger partial charge in [0.15, 0.2) is 5.84 Å². The highest BCUT2D eigenvalue weighted by Gasteiger charge is 2.24. The number of nitrogens with two attached hydrogens (primary N) is 1. The second-order valence-corrected chi connectivity index (χ2v) is 4.62. The summed E-state index contributed by atoms with van der Waals surface area (Å²) in [6.45, 7) is 0. The van der Waals surface area contributed by atoms with Crippen molar-refractivity contribution in [2.45, 2.75) is 37.9 Å². The number of hydrogen-bond acceptors (Lipinski definition) is 5. The van der Waals surface area contributed by atoms with Crippen LogP contribution in [0.25, 0.3) is 0 Å². The van der Waals surface area contributed by atoms with Crippen LogP contribution in [0.1, 0.15) is 31.2 Å². The van der Waals surface area contributed by atoms with Gasteiger partial charge in [-0.05, 0) is 25.3 Å². The van der Waals surface area contributed by atoms with Gasteiger partial charge in [-0.1, -0.05) is 5.16 Å². The molecule has 0 radical (unpaired) electrons. The Kier molecular flexibility index (Phi) is 4.57. The quantitative estimate of drug-likeness (QED) is 0.373. The highest BCUT2D eigenvalue weighted by molar-refractivity contribution is 5.99. The predicted octanol–water partition coefficient (Wildman–Crippen LogP) is 1.51. The fourth-order valence-corrected chi connectivity index (χ4v) is 2.34. The Morgan fingerprint density at radius 3 is 3.00 bits per heavy atom. The second-order valence-electron chi connectivity index (χ2n) is 4.62. The molecule has 1 aliphatic rings. The van der Waals surface area contributed by atoms with Crippen LogP contribution in [0.5, 0.6) is 5.75 Å². The van der Waals surface area contributed by atoms with Crippen molar-refractivity contribution in [3.05, 3.63) is 24.0 Å². The van der Waals surface area contributed by atoms with E-state index in [2.05, 4.69) is 10.1 Å². The lowest BCUT2D eigenvalue weighted by Gasteiger charge is -2.29. The van der Waals surface area contributed by atoms with Crippen molar-refractivity contribution >= 4 is 5.84 Å². The van der Waals surface area contributed by atoms with E-state index in [1.807, 2.05) is 0 Å². The van der Waals surface area contributed by atoms with Crippen molar-refractivity contribution in [2.75, 3.05) is 7.11 Å². The molecule has 1 aliphatic carbocycles. The summed E-state index contributed by atoms with van der Waals surface area (Å²) in [5.41, 5.74) is 6.17. The number of oxime groups is 1. The van der Waals surface area contributed by atoms with Crippen molar-refractivity contribution in [3.8, 4) is 5.75 Å². The third-order valence-corrected chi connectivity index (χ3v) is 3.37. The smallest absolute Gasteiger partial charge is 0.173 e. The lowest BCUT2D eigenvalue weighted by molar-refractivity contribution is 0.0208. The molecule has 0 saturated heterocycles. The first-order valence-corrected chi connectivity index (χ1v) is 6.36. The molecule has 104 valence electrons. The fraction of sp³-hybridized carbons (Fsp3) is 0.538. The standard InChI is InChI=1S/C13H19N3O3/c1-18-9-3-2-4-10(7-9)19-12-8-15-6-5-11(12)13(14)16-17/h5-6,8-10,17H,2-4,7H2,1H3,(H2,14,16). The molecular weight excluding hydrogens is 246 g/mol. The van der Waals surface area contributed by atoms with Crippen LogP contribution < -0.4 is 10.5 Å². The molecule has 1 aromatic heterocycles. The van der Waals surface area contributed by atoms with E-state index in [1.54, 1.807) is 25.6 Å². The molecule has 3 N–H and O–H groups in total. The molecule has 1 saturated carbocycles. The molecular formula is C13H19N3O3. The zero-order valence-corrected chi connectivity index (χ0v) is 11.0. The van der Waals surface area contributed by atoms with Crippen molar-refractivity contribution in [1.82, 2.24) is 4.98 Å². The third kappa shape index (κ3) is 3.35. The summed E-state index contributed by atoms with van der Waals surface area (Å²) in [6, 6.07) is 1.67. The number of pyridine rings is 1.